The first-order valence-electron chi connectivity index (χ1n) is 7.28. The Bertz CT molecular complexity index is 946. The Balaban J connectivity index is 1.65. The van der Waals surface area contributed by atoms with Gasteiger partial charge in [-0.25, -0.2) is 17.8 Å². The third kappa shape index (κ3) is 3.97. The molecule has 1 amide bonds. The SMILES string of the molecule is Nn1c(SCC(=O)Nc2cc(F)ccc2F)nnc1-c1ccc(F)cc1. The molecule has 3 rings (SSSR count). The number of benzene rings is 2. The summed E-state index contributed by atoms with van der Waals surface area (Å²) in [5, 5.41) is 10.3. The molecule has 3 aromatic rings. The molecule has 1 aromatic heterocycles. The van der Waals surface area contributed by atoms with Crippen LogP contribution in [0.3, 0.4) is 0 Å². The summed E-state index contributed by atoms with van der Waals surface area (Å²) in [6, 6.07) is 8.27. The molecular weight excluding hydrogens is 367 g/mol. The molecule has 2 aromatic carbocycles. The molecule has 0 aliphatic rings. The maximum absolute atomic E-state index is 13.5. The van der Waals surface area contributed by atoms with Gasteiger partial charge in [-0.15, -0.1) is 10.2 Å². The molecule has 0 atom stereocenters. The van der Waals surface area contributed by atoms with Gasteiger partial charge in [0.25, 0.3) is 0 Å². The average Bonchev–Trinajstić information content (AvgIpc) is 2.98. The number of nitrogen functional groups attached to an aromatic ring is 1. The van der Waals surface area contributed by atoms with Crippen LogP contribution in [-0.4, -0.2) is 26.5 Å². The van der Waals surface area contributed by atoms with E-state index in [9.17, 15) is 18.0 Å². The summed E-state index contributed by atoms with van der Waals surface area (Å²) in [4.78, 5) is 11.9. The second kappa shape index (κ2) is 7.48. The fourth-order valence-corrected chi connectivity index (χ4v) is 2.74. The first-order chi connectivity index (χ1) is 12.4. The molecule has 6 nitrogen and oxygen atoms in total. The Kier molecular flexibility index (Phi) is 5.12. The highest BCUT2D eigenvalue weighted by Crippen LogP contribution is 2.22. The van der Waals surface area contributed by atoms with Crippen LogP contribution >= 0.6 is 11.8 Å². The lowest BCUT2D eigenvalue weighted by atomic mass is 10.2. The molecule has 0 aliphatic carbocycles. The molecule has 26 heavy (non-hydrogen) atoms. The van der Waals surface area contributed by atoms with Gasteiger partial charge in [0.1, 0.15) is 17.5 Å². The highest BCUT2D eigenvalue weighted by atomic mass is 32.2. The van der Waals surface area contributed by atoms with Crippen molar-refractivity contribution in [3.8, 4) is 11.4 Å². The van der Waals surface area contributed by atoms with Crippen molar-refractivity contribution in [1.82, 2.24) is 14.9 Å². The molecule has 0 fully saturated rings. The molecule has 0 saturated carbocycles. The highest BCUT2D eigenvalue weighted by molar-refractivity contribution is 7.99. The molecule has 0 aliphatic heterocycles. The van der Waals surface area contributed by atoms with E-state index >= 15 is 0 Å². The zero-order valence-electron chi connectivity index (χ0n) is 13.1. The van der Waals surface area contributed by atoms with Crippen molar-refractivity contribution in [3.63, 3.8) is 0 Å². The third-order valence-corrected chi connectivity index (χ3v) is 4.24. The van der Waals surface area contributed by atoms with Crippen molar-refractivity contribution >= 4 is 23.4 Å². The lowest BCUT2D eigenvalue weighted by Crippen LogP contribution is -2.17. The second-order valence-corrected chi connectivity index (χ2v) is 6.09. The van der Waals surface area contributed by atoms with Gasteiger partial charge >= 0.3 is 0 Å². The maximum Gasteiger partial charge on any atom is 0.234 e. The van der Waals surface area contributed by atoms with E-state index in [1.54, 1.807) is 0 Å². The number of rotatable bonds is 5. The minimum absolute atomic E-state index is 0.144. The molecule has 1 heterocycles. The number of anilines is 1. The van der Waals surface area contributed by atoms with Crippen molar-refractivity contribution in [1.29, 1.82) is 0 Å². The van der Waals surface area contributed by atoms with E-state index in [-0.39, 0.29) is 16.6 Å². The molecule has 0 bridgehead atoms. The second-order valence-electron chi connectivity index (χ2n) is 5.14. The smallest absolute Gasteiger partial charge is 0.234 e. The predicted octanol–water partition coefficient (Wildman–Crippen LogP) is 2.81. The number of thioether (sulfide) groups is 1. The van der Waals surface area contributed by atoms with Gasteiger partial charge < -0.3 is 11.2 Å². The Hall–Kier alpha value is -3.01. The molecule has 0 radical (unpaired) electrons. The zero-order chi connectivity index (χ0) is 18.7. The van der Waals surface area contributed by atoms with Gasteiger partial charge in [0, 0.05) is 11.6 Å². The first-order valence-corrected chi connectivity index (χ1v) is 8.27. The third-order valence-electron chi connectivity index (χ3n) is 3.30. The summed E-state index contributed by atoms with van der Waals surface area (Å²) in [6.45, 7) is 0. The largest absolute Gasteiger partial charge is 0.335 e. The van der Waals surface area contributed by atoms with E-state index in [1.807, 2.05) is 0 Å². The Labute approximate surface area is 150 Å². The van der Waals surface area contributed by atoms with Gasteiger partial charge in [-0.2, -0.15) is 0 Å². The summed E-state index contributed by atoms with van der Waals surface area (Å²) in [6.07, 6.45) is 0. The van der Waals surface area contributed by atoms with Crippen molar-refractivity contribution in [2.45, 2.75) is 5.16 Å². The van der Waals surface area contributed by atoms with Crippen LogP contribution < -0.4 is 11.2 Å². The fraction of sp³-hybridized carbons (Fsp3) is 0.0625. The summed E-state index contributed by atoms with van der Waals surface area (Å²) in [7, 11) is 0. The molecule has 3 N–H and O–H groups in total. The molecule has 0 saturated heterocycles. The van der Waals surface area contributed by atoms with E-state index in [4.69, 9.17) is 5.84 Å². The van der Waals surface area contributed by atoms with Crippen LogP contribution in [0.25, 0.3) is 11.4 Å². The molecule has 134 valence electrons. The Morgan fingerprint density at radius 1 is 1.08 bits per heavy atom. The van der Waals surface area contributed by atoms with Gasteiger partial charge in [-0.3, -0.25) is 4.79 Å². The molecule has 10 heteroatoms. The lowest BCUT2D eigenvalue weighted by molar-refractivity contribution is -0.113. The number of carbonyl (C=O) groups excluding carboxylic acids is 1. The van der Waals surface area contributed by atoms with Gasteiger partial charge in [-0.05, 0) is 36.4 Å². The number of nitrogens with zero attached hydrogens (tertiary/aromatic N) is 3. The van der Waals surface area contributed by atoms with E-state index in [0.717, 1.165) is 34.6 Å². The van der Waals surface area contributed by atoms with Crippen LogP contribution in [-0.2, 0) is 4.79 Å². The summed E-state index contributed by atoms with van der Waals surface area (Å²) < 4.78 is 40.8. The number of hydrogen-bond acceptors (Lipinski definition) is 5. The number of halogens is 3. The van der Waals surface area contributed by atoms with Crippen molar-refractivity contribution in [3.05, 3.63) is 59.9 Å². The van der Waals surface area contributed by atoms with Crippen LogP contribution in [0.2, 0.25) is 0 Å². The van der Waals surface area contributed by atoms with Crippen LogP contribution in [0.4, 0.5) is 18.9 Å². The zero-order valence-corrected chi connectivity index (χ0v) is 13.9. The topological polar surface area (TPSA) is 85.8 Å². The van der Waals surface area contributed by atoms with E-state index in [1.165, 1.54) is 24.3 Å². The number of amides is 1. The van der Waals surface area contributed by atoms with E-state index < -0.39 is 23.4 Å². The highest BCUT2D eigenvalue weighted by Gasteiger charge is 2.15. The molecule has 0 unspecified atom stereocenters. The maximum atomic E-state index is 13.5. The summed E-state index contributed by atoms with van der Waals surface area (Å²) >= 11 is 0.965. The van der Waals surface area contributed by atoms with Gasteiger partial charge in [0.05, 0.1) is 11.4 Å². The van der Waals surface area contributed by atoms with E-state index in [2.05, 4.69) is 15.5 Å². The summed E-state index contributed by atoms with van der Waals surface area (Å²) in [5.41, 5.74) is 0.302. The van der Waals surface area contributed by atoms with Gasteiger partial charge in [0.15, 0.2) is 5.82 Å². The molecule has 0 spiro atoms. The minimum Gasteiger partial charge on any atom is -0.335 e. The lowest BCUT2D eigenvalue weighted by Gasteiger charge is -2.06. The Morgan fingerprint density at radius 2 is 1.77 bits per heavy atom. The predicted molar refractivity (Wildman–Crippen MR) is 91.3 cm³/mol. The molecular formula is C16H12F3N5OS. The monoisotopic (exact) mass is 379 g/mol. The number of aromatic nitrogens is 3. The van der Waals surface area contributed by atoms with Gasteiger partial charge in [-0.1, -0.05) is 11.8 Å². The standard InChI is InChI=1S/C16H12F3N5OS/c17-10-3-1-9(2-4-10)15-22-23-16(24(15)20)26-8-14(25)21-13-7-11(18)5-6-12(13)19/h1-7H,8,20H2,(H,21,25). The minimum atomic E-state index is -0.745. The number of nitrogens with two attached hydrogens (primary N) is 1. The average molecular weight is 379 g/mol. The van der Waals surface area contributed by atoms with Crippen LogP contribution in [0.1, 0.15) is 0 Å². The van der Waals surface area contributed by atoms with Crippen LogP contribution in [0.15, 0.2) is 47.6 Å². The van der Waals surface area contributed by atoms with Gasteiger partial charge in [0.2, 0.25) is 11.1 Å². The van der Waals surface area contributed by atoms with Crippen LogP contribution in [0, 0.1) is 17.5 Å². The van der Waals surface area contributed by atoms with Crippen LogP contribution in [0.5, 0.6) is 0 Å². The van der Waals surface area contributed by atoms with Crippen molar-refractivity contribution < 1.29 is 18.0 Å². The quantitative estimate of drug-likeness (QED) is 0.526. The van der Waals surface area contributed by atoms with Crippen molar-refractivity contribution in [2.24, 2.45) is 0 Å². The number of carbonyl (C=O) groups is 1. The fourth-order valence-electron chi connectivity index (χ4n) is 2.08. The first kappa shape index (κ1) is 17.8. The normalized spacial score (nSPS) is 10.7. The number of nitrogens with one attached hydrogen (secondary N) is 1. The van der Waals surface area contributed by atoms with E-state index in [0.29, 0.717) is 11.4 Å². The van der Waals surface area contributed by atoms with Crippen molar-refractivity contribution in [2.75, 3.05) is 16.9 Å². The Morgan fingerprint density at radius 3 is 2.50 bits per heavy atom. The number of hydrogen-bond donors (Lipinski definition) is 2. The summed E-state index contributed by atoms with van der Waals surface area (Å²) in [5.74, 6) is 3.67.